The van der Waals surface area contributed by atoms with Gasteiger partial charge in [0.25, 0.3) is 0 Å². The predicted molar refractivity (Wildman–Crippen MR) is 68.2 cm³/mol. The molecule has 0 aliphatic carbocycles. The van der Waals surface area contributed by atoms with Gasteiger partial charge < -0.3 is 4.74 Å². The van der Waals surface area contributed by atoms with Gasteiger partial charge in [-0.2, -0.15) is 13.2 Å². The van der Waals surface area contributed by atoms with Gasteiger partial charge in [0, 0.05) is 0 Å². The molecule has 0 amide bonds. The fourth-order valence-electron chi connectivity index (χ4n) is 1.65. The Kier molecular flexibility index (Phi) is 3.79. The second-order valence-corrected chi connectivity index (χ2v) is 4.29. The first-order chi connectivity index (χ1) is 8.94. The van der Waals surface area contributed by atoms with Gasteiger partial charge in [0.15, 0.2) is 6.61 Å². The molecule has 1 nitrogen and oxygen atoms in total. The van der Waals surface area contributed by atoms with Crippen molar-refractivity contribution >= 4 is 0 Å². The SMILES string of the molecule is Cc1ccc(-c2ccc(OCC(F)(F)F)cc2)cc1. The van der Waals surface area contributed by atoms with Crippen molar-refractivity contribution in [3.63, 3.8) is 0 Å². The zero-order chi connectivity index (χ0) is 13.9. The first kappa shape index (κ1) is 13.5. The van der Waals surface area contributed by atoms with Crippen molar-refractivity contribution < 1.29 is 17.9 Å². The molecule has 0 saturated heterocycles. The van der Waals surface area contributed by atoms with E-state index in [-0.39, 0.29) is 5.75 Å². The molecule has 0 radical (unpaired) electrons. The molecule has 0 atom stereocenters. The number of ether oxygens (including phenoxy) is 1. The summed E-state index contributed by atoms with van der Waals surface area (Å²) in [6.45, 7) is 0.731. The number of hydrogen-bond acceptors (Lipinski definition) is 1. The summed E-state index contributed by atoms with van der Waals surface area (Å²) in [5, 5.41) is 0. The molecule has 0 aromatic heterocycles. The molecule has 0 bridgehead atoms. The molecule has 0 saturated carbocycles. The van der Waals surface area contributed by atoms with Gasteiger partial charge in [-0.25, -0.2) is 0 Å². The Morgan fingerprint density at radius 2 is 1.32 bits per heavy atom. The molecule has 100 valence electrons. The molecule has 19 heavy (non-hydrogen) atoms. The van der Waals surface area contributed by atoms with Crippen molar-refractivity contribution in [3.05, 3.63) is 54.1 Å². The smallest absolute Gasteiger partial charge is 0.422 e. The number of rotatable bonds is 3. The molecule has 4 heteroatoms. The number of alkyl halides is 3. The van der Waals surface area contributed by atoms with E-state index >= 15 is 0 Å². The molecule has 0 fully saturated rings. The Bertz CT molecular complexity index is 527. The minimum Gasteiger partial charge on any atom is -0.484 e. The fourth-order valence-corrected chi connectivity index (χ4v) is 1.65. The standard InChI is InChI=1S/C15H13F3O/c1-11-2-4-12(5-3-11)13-6-8-14(9-7-13)19-10-15(16,17)18/h2-9H,10H2,1H3. The van der Waals surface area contributed by atoms with Crippen LogP contribution in [-0.2, 0) is 0 Å². The van der Waals surface area contributed by atoms with Gasteiger partial charge >= 0.3 is 6.18 Å². The number of aryl methyl sites for hydroxylation is 1. The van der Waals surface area contributed by atoms with E-state index in [1.54, 1.807) is 24.3 Å². The average molecular weight is 266 g/mol. The van der Waals surface area contributed by atoms with Crippen LogP contribution in [0.25, 0.3) is 11.1 Å². The monoisotopic (exact) mass is 266 g/mol. The summed E-state index contributed by atoms with van der Waals surface area (Å²) < 4.78 is 40.7. The quantitative estimate of drug-likeness (QED) is 0.788. The highest BCUT2D eigenvalue weighted by Crippen LogP contribution is 2.24. The van der Waals surface area contributed by atoms with Gasteiger partial charge in [0.2, 0.25) is 0 Å². The Morgan fingerprint density at radius 3 is 1.79 bits per heavy atom. The van der Waals surface area contributed by atoms with E-state index in [2.05, 4.69) is 4.74 Å². The maximum Gasteiger partial charge on any atom is 0.422 e. The minimum atomic E-state index is -4.31. The molecule has 0 unspecified atom stereocenters. The van der Waals surface area contributed by atoms with E-state index in [0.29, 0.717) is 0 Å². The largest absolute Gasteiger partial charge is 0.484 e. The Labute approximate surface area is 109 Å². The summed E-state index contributed by atoms with van der Waals surface area (Å²) in [5.74, 6) is 0.216. The third-order valence-corrected chi connectivity index (χ3v) is 2.64. The molecule has 0 aliphatic heterocycles. The summed E-state index contributed by atoms with van der Waals surface area (Å²) in [6.07, 6.45) is -4.31. The molecule has 0 heterocycles. The Morgan fingerprint density at radius 1 is 0.842 bits per heavy atom. The van der Waals surface area contributed by atoms with Crippen molar-refractivity contribution in [2.45, 2.75) is 13.1 Å². The molecule has 2 aromatic carbocycles. The zero-order valence-electron chi connectivity index (χ0n) is 10.4. The highest BCUT2D eigenvalue weighted by molar-refractivity contribution is 5.64. The molecular weight excluding hydrogens is 253 g/mol. The highest BCUT2D eigenvalue weighted by Gasteiger charge is 2.28. The summed E-state index contributed by atoms with van der Waals surface area (Å²) in [6, 6.07) is 14.5. The molecule has 2 rings (SSSR count). The normalized spacial score (nSPS) is 11.4. The third kappa shape index (κ3) is 4.02. The Balaban J connectivity index is 2.08. The lowest BCUT2D eigenvalue weighted by molar-refractivity contribution is -0.153. The van der Waals surface area contributed by atoms with Crippen LogP contribution in [0.5, 0.6) is 5.75 Å². The number of halogens is 3. The molecule has 0 aliphatic rings. The maximum absolute atomic E-state index is 12.0. The van der Waals surface area contributed by atoms with E-state index in [4.69, 9.17) is 0 Å². The van der Waals surface area contributed by atoms with E-state index in [0.717, 1.165) is 16.7 Å². The lowest BCUT2D eigenvalue weighted by Gasteiger charge is -2.09. The average Bonchev–Trinajstić information content (AvgIpc) is 2.37. The van der Waals surface area contributed by atoms with Crippen LogP contribution in [0.3, 0.4) is 0 Å². The Hall–Kier alpha value is -1.97. The van der Waals surface area contributed by atoms with Crippen molar-refractivity contribution in [2.24, 2.45) is 0 Å². The molecular formula is C15H13F3O. The highest BCUT2D eigenvalue weighted by atomic mass is 19.4. The van der Waals surface area contributed by atoms with Crippen molar-refractivity contribution in [1.82, 2.24) is 0 Å². The number of hydrogen-bond donors (Lipinski definition) is 0. The van der Waals surface area contributed by atoms with Crippen LogP contribution in [0.15, 0.2) is 48.5 Å². The van der Waals surface area contributed by atoms with Gasteiger partial charge in [-0.05, 0) is 30.2 Å². The first-order valence-corrected chi connectivity index (χ1v) is 5.81. The van der Waals surface area contributed by atoms with Crippen LogP contribution in [0.2, 0.25) is 0 Å². The van der Waals surface area contributed by atoms with Crippen LogP contribution in [-0.4, -0.2) is 12.8 Å². The van der Waals surface area contributed by atoms with Gasteiger partial charge in [0.05, 0.1) is 0 Å². The summed E-state index contributed by atoms with van der Waals surface area (Å²) >= 11 is 0. The van der Waals surface area contributed by atoms with Crippen LogP contribution in [0, 0.1) is 6.92 Å². The van der Waals surface area contributed by atoms with Gasteiger partial charge in [-0.3, -0.25) is 0 Å². The topological polar surface area (TPSA) is 9.23 Å². The minimum absolute atomic E-state index is 0.216. The molecule has 0 N–H and O–H groups in total. The predicted octanol–water partition coefficient (Wildman–Crippen LogP) is 4.60. The summed E-state index contributed by atoms with van der Waals surface area (Å²) in [4.78, 5) is 0. The molecule has 2 aromatic rings. The lowest BCUT2D eigenvalue weighted by Crippen LogP contribution is -2.19. The number of benzene rings is 2. The van der Waals surface area contributed by atoms with Crippen molar-refractivity contribution in [3.8, 4) is 16.9 Å². The summed E-state index contributed by atoms with van der Waals surface area (Å²) in [7, 11) is 0. The van der Waals surface area contributed by atoms with Crippen molar-refractivity contribution in [2.75, 3.05) is 6.61 Å². The maximum atomic E-state index is 12.0. The fraction of sp³-hybridized carbons (Fsp3) is 0.200. The third-order valence-electron chi connectivity index (χ3n) is 2.64. The zero-order valence-corrected chi connectivity index (χ0v) is 10.4. The summed E-state index contributed by atoms with van der Waals surface area (Å²) in [5.41, 5.74) is 3.13. The lowest BCUT2D eigenvalue weighted by atomic mass is 10.0. The van der Waals surface area contributed by atoms with E-state index in [9.17, 15) is 13.2 Å². The van der Waals surface area contributed by atoms with E-state index in [1.807, 2.05) is 31.2 Å². The first-order valence-electron chi connectivity index (χ1n) is 5.81. The van der Waals surface area contributed by atoms with Crippen molar-refractivity contribution in [1.29, 1.82) is 0 Å². The van der Waals surface area contributed by atoms with Crippen LogP contribution in [0.1, 0.15) is 5.56 Å². The van der Waals surface area contributed by atoms with Gasteiger partial charge in [-0.1, -0.05) is 42.0 Å². The van der Waals surface area contributed by atoms with Crippen LogP contribution in [0.4, 0.5) is 13.2 Å². The molecule has 0 spiro atoms. The van der Waals surface area contributed by atoms with E-state index < -0.39 is 12.8 Å². The van der Waals surface area contributed by atoms with Gasteiger partial charge in [-0.15, -0.1) is 0 Å². The van der Waals surface area contributed by atoms with Crippen LogP contribution >= 0.6 is 0 Å². The second-order valence-electron chi connectivity index (χ2n) is 4.29. The van der Waals surface area contributed by atoms with Gasteiger partial charge in [0.1, 0.15) is 5.75 Å². The van der Waals surface area contributed by atoms with E-state index in [1.165, 1.54) is 0 Å². The second kappa shape index (κ2) is 5.34. The van der Waals surface area contributed by atoms with Crippen LogP contribution < -0.4 is 4.74 Å².